The van der Waals surface area contributed by atoms with Crippen LogP contribution in [0.15, 0.2) is 47.2 Å². The Kier molecular flexibility index (Phi) is 5.68. The molecule has 2 rings (SSSR count). The largest absolute Gasteiger partial charge is 0.317 e. The quantitative estimate of drug-likeness (QED) is 0.868. The van der Waals surface area contributed by atoms with Crippen molar-refractivity contribution in [3.63, 3.8) is 0 Å². The van der Waals surface area contributed by atoms with Gasteiger partial charge in [-0.15, -0.1) is 0 Å². The van der Waals surface area contributed by atoms with E-state index in [1.165, 1.54) is 11.6 Å². The van der Waals surface area contributed by atoms with E-state index < -0.39 is 0 Å². The van der Waals surface area contributed by atoms with Gasteiger partial charge in [0.25, 0.3) is 0 Å². The van der Waals surface area contributed by atoms with Crippen molar-refractivity contribution in [3.8, 4) is 0 Å². The Bertz CT molecular complexity index is 545. The minimum absolute atomic E-state index is 0.190. The van der Waals surface area contributed by atoms with E-state index >= 15 is 0 Å². The van der Waals surface area contributed by atoms with Crippen molar-refractivity contribution < 1.29 is 4.39 Å². The fourth-order valence-electron chi connectivity index (χ4n) is 2.20. The van der Waals surface area contributed by atoms with Crippen LogP contribution >= 0.6 is 15.9 Å². The lowest BCUT2D eigenvalue weighted by Gasteiger charge is -2.17. The molecule has 1 N–H and O–H groups in total. The van der Waals surface area contributed by atoms with Crippen LogP contribution in [-0.4, -0.2) is 18.1 Å². The van der Waals surface area contributed by atoms with E-state index in [1.807, 2.05) is 19.3 Å². The third-order valence-electron chi connectivity index (χ3n) is 3.39. The van der Waals surface area contributed by atoms with Crippen LogP contribution in [0.25, 0.3) is 0 Å². The first kappa shape index (κ1) is 15.1. The zero-order chi connectivity index (χ0) is 14.4. The maximum atomic E-state index is 13.3. The molecule has 2 aromatic rings. The number of aromatic nitrogens is 1. The van der Waals surface area contributed by atoms with Crippen LogP contribution in [0.1, 0.15) is 17.5 Å². The maximum absolute atomic E-state index is 13.3. The molecule has 106 valence electrons. The predicted octanol–water partition coefficient (Wildman–Crippen LogP) is 3.75. The van der Waals surface area contributed by atoms with Crippen LogP contribution in [0, 0.1) is 5.82 Å². The second kappa shape index (κ2) is 7.50. The molecule has 0 amide bonds. The monoisotopic (exact) mass is 336 g/mol. The number of hydrogen-bond donors (Lipinski definition) is 1. The molecular formula is C16H18BrFN2. The fraction of sp³-hybridized carbons (Fsp3) is 0.312. The molecular weight excluding hydrogens is 319 g/mol. The summed E-state index contributed by atoms with van der Waals surface area (Å²) >= 11 is 3.48. The summed E-state index contributed by atoms with van der Waals surface area (Å²) in [5.41, 5.74) is 2.22. The normalized spacial score (nSPS) is 12.3. The number of hydrogen-bond acceptors (Lipinski definition) is 2. The third kappa shape index (κ3) is 4.39. The highest BCUT2D eigenvalue weighted by Crippen LogP contribution is 2.20. The first-order chi connectivity index (χ1) is 9.69. The lowest BCUT2D eigenvalue weighted by molar-refractivity contribution is 0.517. The van der Waals surface area contributed by atoms with Crippen molar-refractivity contribution >= 4 is 15.9 Å². The van der Waals surface area contributed by atoms with Crippen molar-refractivity contribution in [1.82, 2.24) is 10.3 Å². The first-order valence-electron chi connectivity index (χ1n) is 6.69. The van der Waals surface area contributed by atoms with E-state index in [4.69, 9.17) is 0 Å². The zero-order valence-corrected chi connectivity index (χ0v) is 13.0. The van der Waals surface area contributed by atoms with E-state index in [9.17, 15) is 4.39 Å². The van der Waals surface area contributed by atoms with E-state index in [0.29, 0.717) is 6.04 Å². The average Bonchev–Trinajstić information content (AvgIpc) is 2.48. The summed E-state index contributed by atoms with van der Waals surface area (Å²) in [6, 6.07) is 9.17. The Labute approximate surface area is 127 Å². The molecule has 1 aromatic heterocycles. The van der Waals surface area contributed by atoms with Crippen molar-refractivity contribution in [1.29, 1.82) is 0 Å². The summed E-state index contributed by atoms with van der Waals surface area (Å²) in [5.74, 6) is -0.190. The van der Waals surface area contributed by atoms with Gasteiger partial charge in [-0.1, -0.05) is 22.0 Å². The number of aryl methyl sites for hydroxylation is 1. The summed E-state index contributed by atoms with van der Waals surface area (Å²) in [4.78, 5) is 4.12. The molecule has 0 fully saturated rings. The third-order valence-corrected chi connectivity index (χ3v) is 4.16. The molecule has 0 radical (unpaired) electrons. The number of pyridine rings is 1. The van der Waals surface area contributed by atoms with Gasteiger partial charge in [0.1, 0.15) is 5.82 Å². The molecule has 1 heterocycles. The highest BCUT2D eigenvalue weighted by Gasteiger charge is 2.11. The Morgan fingerprint density at radius 1 is 1.35 bits per heavy atom. The number of benzene rings is 1. The van der Waals surface area contributed by atoms with Gasteiger partial charge in [0.15, 0.2) is 0 Å². The topological polar surface area (TPSA) is 24.9 Å². The number of likely N-dealkylation sites (N-methyl/N-ethyl adjacent to an activating group) is 1. The molecule has 1 unspecified atom stereocenters. The van der Waals surface area contributed by atoms with Crippen LogP contribution in [0.4, 0.5) is 4.39 Å². The van der Waals surface area contributed by atoms with Gasteiger partial charge in [-0.05, 0) is 61.7 Å². The Hall–Kier alpha value is -1.26. The molecule has 0 saturated heterocycles. The Morgan fingerprint density at radius 2 is 2.20 bits per heavy atom. The smallest absolute Gasteiger partial charge is 0.123 e. The van der Waals surface area contributed by atoms with Gasteiger partial charge >= 0.3 is 0 Å². The minimum atomic E-state index is -0.190. The number of nitrogens with one attached hydrogen (secondary N) is 1. The molecule has 0 bridgehead atoms. The van der Waals surface area contributed by atoms with Gasteiger partial charge in [-0.25, -0.2) is 4.39 Å². The number of halogens is 2. The van der Waals surface area contributed by atoms with Gasteiger partial charge in [0, 0.05) is 22.9 Å². The van der Waals surface area contributed by atoms with Gasteiger partial charge in [-0.3, -0.25) is 4.98 Å². The lowest BCUT2D eigenvalue weighted by Crippen LogP contribution is -2.28. The molecule has 2 nitrogen and oxygen atoms in total. The van der Waals surface area contributed by atoms with Crippen LogP contribution in [0.3, 0.4) is 0 Å². The summed E-state index contributed by atoms with van der Waals surface area (Å²) in [5, 5.41) is 3.30. The van der Waals surface area contributed by atoms with E-state index in [0.717, 1.165) is 29.3 Å². The molecule has 0 aliphatic carbocycles. The molecule has 1 aromatic carbocycles. The van der Waals surface area contributed by atoms with Crippen LogP contribution in [0.5, 0.6) is 0 Å². The van der Waals surface area contributed by atoms with Crippen LogP contribution in [0.2, 0.25) is 0 Å². The second-order valence-electron chi connectivity index (χ2n) is 4.83. The molecule has 0 spiro atoms. The van der Waals surface area contributed by atoms with Gasteiger partial charge in [-0.2, -0.15) is 0 Å². The van der Waals surface area contributed by atoms with Crippen molar-refractivity contribution in [3.05, 3.63) is 64.1 Å². The first-order valence-corrected chi connectivity index (χ1v) is 7.48. The van der Waals surface area contributed by atoms with Crippen molar-refractivity contribution in [2.24, 2.45) is 0 Å². The number of rotatable bonds is 6. The summed E-state index contributed by atoms with van der Waals surface area (Å²) in [7, 11) is 1.95. The molecule has 0 aliphatic rings. The van der Waals surface area contributed by atoms with Gasteiger partial charge in [0.2, 0.25) is 0 Å². The molecule has 0 aliphatic heterocycles. The van der Waals surface area contributed by atoms with Crippen LogP contribution in [-0.2, 0) is 12.8 Å². The molecule has 0 saturated carbocycles. The lowest BCUT2D eigenvalue weighted by atomic mass is 10.00. The summed E-state index contributed by atoms with van der Waals surface area (Å²) < 4.78 is 14.3. The second-order valence-corrected chi connectivity index (χ2v) is 5.68. The maximum Gasteiger partial charge on any atom is 0.123 e. The average molecular weight is 337 g/mol. The van der Waals surface area contributed by atoms with E-state index in [2.05, 4.69) is 32.3 Å². The van der Waals surface area contributed by atoms with E-state index in [1.54, 1.807) is 18.3 Å². The molecule has 1 atom stereocenters. The molecule has 4 heteroatoms. The standard InChI is InChI=1S/C16H18BrFN2/c1-19-15(6-4-12-3-2-8-20-11-12)10-13-9-14(18)5-7-16(13)17/h2-3,5,7-9,11,15,19H,4,6,10H2,1H3. The van der Waals surface area contributed by atoms with Crippen molar-refractivity contribution in [2.75, 3.05) is 7.05 Å². The summed E-state index contributed by atoms with van der Waals surface area (Å²) in [6.07, 6.45) is 6.43. The van der Waals surface area contributed by atoms with Crippen LogP contribution < -0.4 is 5.32 Å². The summed E-state index contributed by atoms with van der Waals surface area (Å²) in [6.45, 7) is 0. The Balaban J connectivity index is 1.97. The predicted molar refractivity (Wildman–Crippen MR) is 83.2 cm³/mol. The fourth-order valence-corrected chi connectivity index (χ4v) is 2.61. The Morgan fingerprint density at radius 3 is 2.90 bits per heavy atom. The highest BCUT2D eigenvalue weighted by atomic mass is 79.9. The number of nitrogens with zero attached hydrogens (tertiary/aromatic N) is 1. The highest BCUT2D eigenvalue weighted by molar-refractivity contribution is 9.10. The zero-order valence-electron chi connectivity index (χ0n) is 11.4. The minimum Gasteiger partial charge on any atom is -0.317 e. The molecule has 20 heavy (non-hydrogen) atoms. The van der Waals surface area contributed by atoms with Gasteiger partial charge < -0.3 is 5.32 Å². The van der Waals surface area contributed by atoms with E-state index in [-0.39, 0.29) is 5.82 Å². The van der Waals surface area contributed by atoms with Crippen molar-refractivity contribution in [2.45, 2.75) is 25.3 Å². The van der Waals surface area contributed by atoms with Gasteiger partial charge in [0.05, 0.1) is 0 Å². The SMILES string of the molecule is CNC(CCc1cccnc1)Cc1cc(F)ccc1Br.